The van der Waals surface area contributed by atoms with Crippen molar-refractivity contribution >= 4 is 29.4 Å². The fourth-order valence-corrected chi connectivity index (χ4v) is 4.30. The number of pyridine rings is 1. The van der Waals surface area contributed by atoms with Crippen molar-refractivity contribution in [2.75, 3.05) is 14.2 Å². The highest BCUT2D eigenvalue weighted by Gasteiger charge is 2.60. The van der Waals surface area contributed by atoms with E-state index in [-0.39, 0.29) is 52.2 Å². The maximum Gasteiger partial charge on any atom is 0.231 e. The van der Waals surface area contributed by atoms with Crippen molar-refractivity contribution in [3.63, 3.8) is 0 Å². The molecule has 166 valence electrons. The lowest BCUT2D eigenvalue weighted by Gasteiger charge is -2.36. The van der Waals surface area contributed by atoms with Crippen molar-refractivity contribution in [1.82, 2.24) is 4.98 Å². The van der Waals surface area contributed by atoms with Crippen LogP contribution in [-0.2, 0) is 11.3 Å². The average Bonchev–Trinajstić information content (AvgIpc) is 3.11. The molecule has 0 radical (unpaired) electrons. The second-order valence-electron chi connectivity index (χ2n) is 7.55. The summed E-state index contributed by atoms with van der Waals surface area (Å²) in [5.41, 5.74) is -1.11. The number of aliphatic hydroxyl groups is 1. The van der Waals surface area contributed by atoms with Gasteiger partial charge in [-0.15, -0.1) is 0 Å². The van der Waals surface area contributed by atoms with E-state index in [0.717, 1.165) is 0 Å². The summed E-state index contributed by atoms with van der Waals surface area (Å²) in [4.78, 5) is 34.7. The van der Waals surface area contributed by atoms with E-state index in [9.17, 15) is 14.7 Å². The molecule has 2 atom stereocenters. The molecule has 0 saturated heterocycles. The highest BCUT2D eigenvalue weighted by Crippen LogP contribution is 2.54. The lowest BCUT2D eigenvalue weighted by atomic mass is 9.73. The van der Waals surface area contributed by atoms with Crippen LogP contribution in [0.1, 0.15) is 29.4 Å². The van der Waals surface area contributed by atoms with E-state index in [0.29, 0.717) is 5.69 Å². The third-order valence-electron chi connectivity index (χ3n) is 5.71. The van der Waals surface area contributed by atoms with Crippen LogP contribution in [0.3, 0.4) is 0 Å². The second-order valence-corrected chi connectivity index (χ2v) is 7.93. The molecule has 1 aromatic carbocycles. The Morgan fingerprint density at radius 1 is 1.31 bits per heavy atom. The molecule has 32 heavy (non-hydrogen) atoms. The molecule has 2 aromatic rings. The summed E-state index contributed by atoms with van der Waals surface area (Å²) in [5, 5.41) is 11.3. The van der Waals surface area contributed by atoms with Gasteiger partial charge in [0.1, 0.15) is 22.1 Å². The smallest absolute Gasteiger partial charge is 0.231 e. The van der Waals surface area contributed by atoms with Crippen molar-refractivity contribution in [2.24, 2.45) is 10.9 Å². The normalized spacial score (nSPS) is 22.4. The van der Waals surface area contributed by atoms with E-state index in [2.05, 4.69) is 9.98 Å². The third kappa shape index (κ3) is 3.22. The lowest BCUT2D eigenvalue weighted by Crippen LogP contribution is -2.52. The maximum absolute atomic E-state index is 13.6. The van der Waals surface area contributed by atoms with Crippen LogP contribution in [0.2, 0.25) is 5.02 Å². The summed E-state index contributed by atoms with van der Waals surface area (Å²) in [6, 6.07) is 6.88. The van der Waals surface area contributed by atoms with Crippen LogP contribution in [0, 0.1) is 5.92 Å². The summed E-state index contributed by atoms with van der Waals surface area (Å²) < 4.78 is 16.7. The molecule has 2 unspecified atom stereocenters. The van der Waals surface area contributed by atoms with Gasteiger partial charge in [0.15, 0.2) is 17.3 Å². The van der Waals surface area contributed by atoms with Crippen molar-refractivity contribution in [3.8, 4) is 17.2 Å². The number of halogens is 1. The Hall–Kier alpha value is -3.39. The fraction of sp³-hybridized carbons (Fsp3) is 0.304. The zero-order valence-corrected chi connectivity index (χ0v) is 18.5. The van der Waals surface area contributed by atoms with Gasteiger partial charge in [-0.25, -0.2) is 0 Å². The Morgan fingerprint density at radius 3 is 2.72 bits per heavy atom. The number of aromatic nitrogens is 1. The van der Waals surface area contributed by atoms with Gasteiger partial charge in [0, 0.05) is 30.8 Å². The number of hydrogen-bond acceptors (Lipinski definition) is 8. The number of benzene rings is 1. The van der Waals surface area contributed by atoms with E-state index in [1.165, 1.54) is 26.5 Å². The molecule has 2 heterocycles. The molecule has 1 N–H and O–H groups in total. The van der Waals surface area contributed by atoms with Crippen LogP contribution in [-0.4, -0.2) is 47.7 Å². The van der Waals surface area contributed by atoms with Gasteiger partial charge in [-0.1, -0.05) is 24.6 Å². The predicted molar refractivity (Wildman–Crippen MR) is 117 cm³/mol. The summed E-state index contributed by atoms with van der Waals surface area (Å²) in [5.74, 6) is -1.53. The number of allylic oxidation sites excluding steroid dienone is 1. The van der Waals surface area contributed by atoms with Gasteiger partial charge in [0.25, 0.3) is 0 Å². The SMILES string of the molecule is COc1cc(OC)c2c(c1Cl)OC1(C2=O)C(O)=C(C=NCc2ccccn2)C(=O)CC1C. The quantitative estimate of drug-likeness (QED) is 0.682. The van der Waals surface area contributed by atoms with E-state index in [4.69, 9.17) is 25.8 Å². The number of nitrogens with zero attached hydrogens (tertiary/aromatic N) is 2. The largest absolute Gasteiger partial charge is 0.507 e. The maximum atomic E-state index is 13.6. The van der Waals surface area contributed by atoms with Gasteiger partial charge in [0.2, 0.25) is 11.4 Å². The summed E-state index contributed by atoms with van der Waals surface area (Å²) >= 11 is 6.41. The molecular weight excluding hydrogens is 436 g/mol. The monoisotopic (exact) mass is 456 g/mol. The number of methoxy groups -OCH3 is 2. The van der Waals surface area contributed by atoms with Crippen molar-refractivity contribution in [1.29, 1.82) is 0 Å². The first-order valence-electron chi connectivity index (χ1n) is 9.90. The van der Waals surface area contributed by atoms with E-state index < -0.39 is 23.1 Å². The zero-order valence-electron chi connectivity index (χ0n) is 17.7. The molecule has 1 spiro atoms. The molecule has 0 amide bonds. The first-order chi connectivity index (χ1) is 15.3. The minimum Gasteiger partial charge on any atom is -0.507 e. The summed E-state index contributed by atoms with van der Waals surface area (Å²) in [7, 11) is 2.83. The van der Waals surface area contributed by atoms with Gasteiger partial charge in [-0.2, -0.15) is 0 Å². The van der Waals surface area contributed by atoms with Crippen LogP contribution in [0.15, 0.2) is 46.8 Å². The molecular formula is C23H21ClN2O6. The second kappa shape index (κ2) is 8.27. The summed E-state index contributed by atoms with van der Waals surface area (Å²) in [6.07, 6.45) is 2.88. The summed E-state index contributed by atoms with van der Waals surface area (Å²) in [6.45, 7) is 1.87. The molecule has 0 bridgehead atoms. The Kier molecular flexibility index (Phi) is 5.64. The van der Waals surface area contributed by atoms with Gasteiger partial charge in [-0.3, -0.25) is 19.6 Å². The topological polar surface area (TPSA) is 107 Å². The molecule has 1 aliphatic carbocycles. The molecule has 1 aliphatic heterocycles. The molecule has 2 aliphatic rings. The number of aliphatic imine (C=N–C) groups is 1. The van der Waals surface area contributed by atoms with Crippen molar-refractivity contribution < 1.29 is 28.9 Å². The number of carbonyl (C=O) groups excluding carboxylic acids is 2. The molecule has 9 heteroatoms. The molecule has 0 saturated carbocycles. The van der Waals surface area contributed by atoms with Crippen LogP contribution < -0.4 is 14.2 Å². The minimum atomic E-state index is -1.81. The van der Waals surface area contributed by atoms with E-state index in [1.807, 2.05) is 6.07 Å². The van der Waals surface area contributed by atoms with E-state index >= 15 is 0 Å². The highest BCUT2D eigenvalue weighted by molar-refractivity contribution is 6.35. The average molecular weight is 457 g/mol. The molecule has 8 nitrogen and oxygen atoms in total. The zero-order chi connectivity index (χ0) is 23.0. The number of carbonyl (C=O) groups is 2. The standard InChI is InChI=1S/C23H21ClN2O6/c1-12-8-15(27)14(11-25-10-13-6-4-5-7-26-13)21(28)23(12)22(29)18-16(30-2)9-17(31-3)19(24)20(18)32-23/h4-7,9,11-12,28H,8,10H2,1-3H3. The number of ketones is 2. The Morgan fingerprint density at radius 2 is 2.06 bits per heavy atom. The Bertz CT molecular complexity index is 1160. The van der Waals surface area contributed by atoms with Gasteiger partial charge in [-0.05, 0) is 12.1 Å². The number of fused-ring (bicyclic) bond motifs is 1. The third-order valence-corrected chi connectivity index (χ3v) is 6.07. The van der Waals surface area contributed by atoms with Gasteiger partial charge < -0.3 is 19.3 Å². The lowest BCUT2D eigenvalue weighted by molar-refractivity contribution is -0.118. The van der Waals surface area contributed by atoms with Crippen LogP contribution >= 0.6 is 11.6 Å². The number of ether oxygens (including phenoxy) is 3. The Labute approximate surface area is 189 Å². The van der Waals surface area contributed by atoms with Crippen molar-refractivity contribution in [2.45, 2.75) is 25.5 Å². The first kappa shape index (κ1) is 21.8. The number of rotatable bonds is 5. The molecule has 1 aromatic heterocycles. The molecule has 0 fully saturated rings. The minimum absolute atomic E-state index is 0.0220. The van der Waals surface area contributed by atoms with Crippen LogP contribution in [0.25, 0.3) is 0 Å². The van der Waals surface area contributed by atoms with Gasteiger partial charge >= 0.3 is 0 Å². The first-order valence-corrected chi connectivity index (χ1v) is 10.3. The number of Topliss-reactive ketones (excluding diaryl/α,β-unsaturated/α-hetero) is 2. The number of aliphatic hydroxyl groups excluding tert-OH is 1. The van der Waals surface area contributed by atoms with Crippen molar-refractivity contribution in [3.05, 3.63) is 58.1 Å². The molecule has 4 rings (SSSR count). The predicted octanol–water partition coefficient (Wildman–Crippen LogP) is 3.76. The fourth-order valence-electron chi connectivity index (χ4n) is 4.03. The van der Waals surface area contributed by atoms with Crippen LogP contribution in [0.5, 0.6) is 17.2 Å². The van der Waals surface area contributed by atoms with Crippen LogP contribution in [0.4, 0.5) is 0 Å². The highest BCUT2D eigenvalue weighted by atomic mass is 35.5. The van der Waals surface area contributed by atoms with E-state index in [1.54, 1.807) is 25.3 Å². The Balaban J connectivity index is 1.79. The number of hydrogen-bond donors (Lipinski definition) is 1. The van der Waals surface area contributed by atoms with Gasteiger partial charge in [0.05, 0.1) is 32.0 Å².